The number of hydrogen-bond acceptors (Lipinski definition) is 4. The Balaban J connectivity index is 1.84. The van der Waals surface area contributed by atoms with E-state index in [0.29, 0.717) is 22.1 Å². The highest BCUT2D eigenvalue weighted by molar-refractivity contribution is 6.33. The SMILES string of the molecule is C/C(=N\NC(=O)CNC(=O)c1ccccc1Cl)c1ccco1. The summed E-state index contributed by atoms with van der Waals surface area (Å²) in [6.45, 7) is 1.49. The normalized spacial score (nSPS) is 11.1. The summed E-state index contributed by atoms with van der Waals surface area (Å²) in [4.78, 5) is 23.5. The topological polar surface area (TPSA) is 83.7 Å². The van der Waals surface area contributed by atoms with E-state index in [9.17, 15) is 9.59 Å². The number of hydrazone groups is 1. The van der Waals surface area contributed by atoms with Crippen molar-refractivity contribution in [2.45, 2.75) is 6.92 Å². The second kappa shape index (κ2) is 7.42. The smallest absolute Gasteiger partial charge is 0.259 e. The molecule has 0 atom stereocenters. The molecule has 22 heavy (non-hydrogen) atoms. The zero-order valence-corrected chi connectivity index (χ0v) is 12.6. The molecule has 0 saturated carbocycles. The fraction of sp³-hybridized carbons (Fsp3) is 0.133. The Morgan fingerprint density at radius 1 is 1.23 bits per heavy atom. The lowest BCUT2D eigenvalue weighted by Crippen LogP contribution is -2.35. The third kappa shape index (κ3) is 4.20. The summed E-state index contributed by atoms with van der Waals surface area (Å²) in [5.74, 6) is -0.320. The largest absolute Gasteiger partial charge is 0.463 e. The second-order valence-electron chi connectivity index (χ2n) is 4.37. The summed E-state index contributed by atoms with van der Waals surface area (Å²) >= 11 is 5.90. The highest BCUT2D eigenvalue weighted by Gasteiger charge is 2.10. The number of rotatable bonds is 5. The predicted molar refractivity (Wildman–Crippen MR) is 82.8 cm³/mol. The highest BCUT2D eigenvalue weighted by atomic mass is 35.5. The van der Waals surface area contributed by atoms with E-state index in [2.05, 4.69) is 15.8 Å². The van der Waals surface area contributed by atoms with E-state index in [-0.39, 0.29) is 6.54 Å². The molecule has 2 N–H and O–H groups in total. The van der Waals surface area contributed by atoms with Gasteiger partial charge in [-0.05, 0) is 31.2 Å². The predicted octanol–water partition coefficient (Wildman–Crippen LogP) is 2.20. The van der Waals surface area contributed by atoms with Crippen LogP contribution in [0, 0.1) is 0 Å². The first-order valence-corrected chi connectivity index (χ1v) is 6.85. The molecular weight excluding hydrogens is 306 g/mol. The van der Waals surface area contributed by atoms with Crippen LogP contribution in [0.3, 0.4) is 0 Å². The molecule has 2 rings (SSSR count). The number of nitrogens with one attached hydrogen (secondary N) is 2. The van der Waals surface area contributed by atoms with Crippen LogP contribution < -0.4 is 10.7 Å². The first kappa shape index (κ1) is 15.8. The molecule has 0 aliphatic heterocycles. The Bertz CT molecular complexity index is 696. The Morgan fingerprint density at radius 3 is 2.68 bits per heavy atom. The summed E-state index contributed by atoms with van der Waals surface area (Å²) in [6.07, 6.45) is 1.51. The average molecular weight is 320 g/mol. The van der Waals surface area contributed by atoms with Crippen LogP contribution in [0.4, 0.5) is 0 Å². The molecule has 2 aromatic rings. The third-order valence-corrected chi connectivity index (χ3v) is 3.08. The van der Waals surface area contributed by atoms with Crippen LogP contribution in [0.1, 0.15) is 23.0 Å². The number of furan rings is 1. The number of carbonyl (C=O) groups is 2. The van der Waals surface area contributed by atoms with E-state index in [0.717, 1.165) is 0 Å². The summed E-state index contributed by atoms with van der Waals surface area (Å²) < 4.78 is 5.13. The first-order chi connectivity index (χ1) is 10.6. The summed E-state index contributed by atoms with van der Waals surface area (Å²) in [5, 5.41) is 6.68. The molecule has 1 aromatic heterocycles. The lowest BCUT2D eigenvalue weighted by Gasteiger charge is -2.06. The average Bonchev–Trinajstić information content (AvgIpc) is 3.05. The molecule has 0 radical (unpaired) electrons. The maximum atomic E-state index is 11.9. The third-order valence-electron chi connectivity index (χ3n) is 2.75. The van der Waals surface area contributed by atoms with E-state index >= 15 is 0 Å². The van der Waals surface area contributed by atoms with Crippen molar-refractivity contribution < 1.29 is 14.0 Å². The molecule has 0 unspecified atom stereocenters. The minimum Gasteiger partial charge on any atom is -0.463 e. The molecule has 6 nitrogen and oxygen atoms in total. The van der Waals surface area contributed by atoms with Crippen molar-refractivity contribution in [1.29, 1.82) is 0 Å². The minimum atomic E-state index is -0.452. The van der Waals surface area contributed by atoms with Gasteiger partial charge in [0, 0.05) is 0 Å². The molecule has 0 aliphatic rings. The molecule has 1 heterocycles. The van der Waals surface area contributed by atoms with E-state index in [1.165, 1.54) is 6.26 Å². The summed E-state index contributed by atoms with van der Waals surface area (Å²) in [7, 11) is 0. The Kier molecular flexibility index (Phi) is 5.32. The quantitative estimate of drug-likeness (QED) is 0.654. The molecule has 0 fully saturated rings. The number of amides is 2. The van der Waals surface area contributed by atoms with Crippen LogP contribution in [0.15, 0.2) is 52.2 Å². The first-order valence-electron chi connectivity index (χ1n) is 6.47. The van der Waals surface area contributed by atoms with Gasteiger partial charge >= 0.3 is 0 Å². The van der Waals surface area contributed by atoms with Crippen molar-refractivity contribution in [2.24, 2.45) is 5.10 Å². The number of nitrogens with zero attached hydrogens (tertiary/aromatic N) is 1. The number of hydrogen-bond donors (Lipinski definition) is 2. The van der Waals surface area contributed by atoms with Gasteiger partial charge in [0.1, 0.15) is 11.5 Å². The summed E-state index contributed by atoms with van der Waals surface area (Å²) in [5.41, 5.74) is 3.17. The van der Waals surface area contributed by atoms with Gasteiger partial charge in [-0.3, -0.25) is 9.59 Å². The highest BCUT2D eigenvalue weighted by Crippen LogP contribution is 2.14. The number of halogens is 1. The minimum absolute atomic E-state index is 0.209. The Morgan fingerprint density at radius 2 is 2.00 bits per heavy atom. The van der Waals surface area contributed by atoms with Gasteiger partial charge < -0.3 is 9.73 Å². The van der Waals surface area contributed by atoms with Gasteiger partial charge in [0.2, 0.25) is 0 Å². The van der Waals surface area contributed by atoms with Crippen LogP contribution in [0.5, 0.6) is 0 Å². The van der Waals surface area contributed by atoms with E-state index in [4.69, 9.17) is 16.0 Å². The maximum absolute atomic E-state index is 11.9. The van der Waals surface area contributed by atoms with Crippen molar-refractivity contribution in [3.63, 3.8) is 0 Å². The van der Waals surface area contributed by atoms with Gasteiger partial charge in [-0.15, -0.1) is 0 Å². The van der Waals surface area contributed by atoms with Crippen LogP contribution >= 0.6 is 11.6 Å². The van der Waals surface area contributed by atoms with Gasteiger partial charge in [-0.2, -0.15) is 5.10 Å². The van der Waals surface area contributed by atoms with Crippen LogP contribution in [0.25, 0.3) is 0 Å². The lowest BCUT2D eigenvalue weighted by atomic mass is 10.2. The molecule has 114 valence electrons. The fourth-order valence-corrected chi connectivity index (χ4v) is 1.85. The van der Waals surface area contributed by atoms with Gasteiger partial charge in [-0.25, -0.2) is 5.43 Å². The van der Waals surface area contributed by atoms with E-state index < -0.39 is 11.8 Å². The molecule has 0 bridgehead atoms. The lowest BCUT2D eigenvalue weighted by molar-refractivity contribution is -0.120. The fourth-order valence-electron chi connectivity index (χ4n) is 1.63. The van der Waals surface area contributed by atoms with Crippen LogP contribution in [-0.4, -0.2) is 24.1 Å². The monoisotopic (exact) mass is 319 g/mol. The molecule has 7 heteroatoms. The molecule has 1 aromatic carbocycles. The molecular formula is C15H14ClN3O3. The summed E-state index contributed by atoms with van der Waals surface area (Å²) in [6, 6.07) is 10.0. The Hall–Kier alpha value is -2.60. The molecule has 0 saturated heterocycles. The molecule has 0 spiro atoms. The van der Waals surface area contributed by atoms with Crippen molar-refractivity contribution in [3.8, 4) is 0 Å². The van der Waals surface area contributed by atoms with Crippen molar-refractivity contribution >= 4 is 29.1 Å². The van der Waals surface area contributed by atoms with Crippen molar-refractivity contribution in [2.75, 3.05) is 6.54 Å². The van der Waals surface area contributed by atoms with Gasteiger partial charge in [0.25, 0.3) is 11.8 Å². The van der Waals surface area contributed by atoms with E-state index in [1.807, 2.05) is 0 Å². The van der Waals surface area contributed by atoms with Crippen LogP contribution in [-0.2, 0) is 4.79 Å². The van der Waals surface area contributed by atoms with Gasteiger partial charge in [0.15, 0.2) is 0 Å². The maximum Gasteiger partial charge on any atom is 0.259 e. The Labute approximate surface area is 132 Å². The zero-order chi connectivity index (χ0) is 15.9. The number of benzene rings is 1. The van der Waals surface area contributed by atoms with Crippen LogP contribution in [0.2, 0.25) is 5.02 Å². The van der Waals surface area contributed by atoms with Crippen molar-refractivity contribution in [3.05, 3.63) is 59.0 Å². The van der Waals surface area contributed by atoms with Gasteiger partial charge in [-0.1, -0.05) is 23.7 Å². The molecule has 2 amide bonds. The number of carbonyl (C=O) groups excluding carboxylic acids is 2. The molecule has 0 aliphatic carbocycles. The van der Waals surface area contributed by atoms with Crippen molar-refractivity contribution in [1.82, 2.24) is 10.7 Å². The van der Waals surface area contributed by atoms with E-state index in [1.54, 1.807) is 43.3 Å². The van der Waals surface area contributed by atoms with Gasteiger partial charge in [0.05, 0.1) is 23.4 Å². The standard InChI is InChI=1S/C15H14ClN3O3/c1-10(13-7-4-8-22-13)18-19-14(20)9-17-15(21)11-5-2-3-6-12(11)16/h2-8H,9H2,1H3,(H,17,21)(H,19,20)/b18-10+. The zero-order valence-electron chi connectivity index (χ0n) is 11.8. The second-order valence-corrected chi connectivity index (χ2v) is 4.78.